The lowest BCUT2D eigenvalue weighted by Crippen LogP contribution is -2.53. The van der Waals surface area contributed by atoms with Crippen LogP contribution in [0, 0.1) is 5.82 Å². The maximum atomic E-state index is 13.8. The Morgan fingerprint density at radius 1 is 1.35 bits per heavy atom. The highest BCUT2D eigenvalue weighted by molar-refractivity contribution is 6.02. The van der Waals surface area contributed by atoms with Gasteiger partial charge in [-0.15, -0.1) is 0 Å². The molecule has 0 unspecified atom stereocenters. The summed E-state index contributed by atoms with van der Waals surface area (Å²) in [4.78, 5) is 23.4. The number of para-hydroxylation sites is 1. The van der Waals surface area contributed by atoms with Crippen LogP contribution in [0.5, 0.6) is 0 Å². The van der Waals surface area contributed by atoms with E-state index < -0.39 is 23.2 Å². The molecule has 4 N–H and O–H groups in total. The largest absolute Gasteiger partial charge is 0.382 e. The van der Waals surface area contributed by atoms with Crippen molar-refractivity contribution in [3.63, 3.8) is 0 Å². The van der Waals surface area contributed by atoms with Crippen molar-refractivity contribution in [1.82, 2.24) is 5.32 Å². The van der Waals surface area contributed by atoms with Gasteiger partial charge in [0.1, 0.15) is 11.4 Å². The highest BCUT2D eigenvalue weighted by Crippen LogP contribution is 2.20. The third kappa shape index (κ3) is 3.69. The highest BCUT2D eigenvalue weighted by Gasteiger charge is 2.28. The van der Waals surface area contributed by atoms with Crippen molar-refractivity contribution in [2.75, 3.05) is 11.9 Å². The van der Waals surface area contributed by atoms with Crippen molar-refractivity contribution in [3.05, 3.63) is 29.6 Å². The standard InChI is InChI=1S/C14H20FN3O2/c1-4-8-17-11-9(6-5-7-10(11)15)12(19)18-14(2,3)13(16)20/h5-7,17H,4,8H2,1-3H3,(H2,16,20)(H,18,19). The third-order valence-corrected chi connectivity index (χ3v) is 2.85. The second-order valence-corrected chi connectivity index (χ2v) is 5.03. The Labute approximate surface area is 117 Å². The van der Waals surface area contributed by atoms with Gasteiger partial charge in [0, 0.05) is 6.54 Å². The van der Waals surface area contributed by atoms with Gasteiger partial charge in [-0.2, -0.15) is 0 Å². The molecule has 6 heteroatoms. The molecule has 20 heavy (non-hydrogen) atoms. The molecule has 0 bridgehead atoms. The number of carbonyl (C=O) groups excluding carboxylic acids is 2. The number of benzene rings is 1. The summed E-state index contributed by atoms with van der Waals surface area (Å²) in [5.41, 5.74) is 4.28. The van der Waals surface area contributed by atoms with Gasteiger partial charge in [0.15, 0.2) is 0 Å². The van der Waals surface area contributed by atoms with Gasteiger partial charge in [-0.25, -0.2) is 4.39 Å². The summed E-state index contributed by atoms with van der Waals surface area (Å²) < 4.78 is 13.8. The number of halogens is 1. The van der Waals surface area contributed by atoms with Crippen molar-refractivity contribution < 1.29 is 14.0 Å². The zero-order chi connectivity index (χ0) is 15.3. The van der Waals surface area contributed by atoms with E-state index in [-0.39, 0.29) is 11.3 Å². The minimum atomic E-state index is -1.20. The Kier molecular flexibility index (Phi) is 5.07. The molecule has 0 saturated carbocycles. The molecule has 0 fully saturated rings. The Balaban J connectivity index is 3.04. The predicted octanol–water partition coefficient (Wildman–Crippen LogP) is 1.64. The maximum absolute atomic E-state index is 13.8. The number of amides is 2. The van der Waals surface area contributed by atoms with Crippen LogP contribution in [0.25, 0.3) is 0 Å². The lowest BCUT2D eigenvalue weighted by atomic mass is 10.0. The van der Waals surface area contributed by atoms with E-state index in [1.807, 2.05) is 6.92 Å². The topological polar surface area (TPSA) is 84.2 Å². The number of nitrogens with two attached hydrogens (primary N) is 1. The van der Waals surface area contributed by atoms with Crippen molar-refractivity contribution in [2.45, 2.75) is 32.7 Å². The van der Waals surface area contributed by atoms with Gasteiger partial charge < -0.3 is 16.4 Å². The second-order valence-electron chi connectivity index (χ2n) is 5.03. The van der Waals surface area contributed by atoms with Crippen molar-refractivity contribution in [1.29, 1.82) is 0 Å². The van der Waals surface area contributed by atoms with Gasteiger partial charge in [-0.3, -0.25) is 9.59 Å². The van der Waals surface area contributed by atoms with Crippen LogP contribution in [0.15, 0.2) is 18.2 Å². The molecular weight excluding hydrogens is 261 g/mol. The van der Waals surface area contributed by atoms with Gasteiger partial charge in [-0.05, 0) is 32.4 Å². The smallest absolute Gasteiger partial charge is 0.254 e. The monoisotopic (exact) mass is 281 g/mol. The third-order valence-electron chi connectivity index (χ3n) is 2.85. The summed E-state index contributed by atoms with van der Waals surface area (Å²) in [6.45, 7) is 5.46. The molecule has 0 heterocycles. The molecule has 0 aliphatic heterocycles. The SMILES string of the molecule is CCCNc1c(F)cccc1C(=O)NC(C)(C)C(N)=O. The van der Waals surface area contributed by atoms with E-state index in [2.05, 4.69) is 10.6 Å². The molecule has 1 aromatic rings. The van der Waals surface area contributed by atoms with E-state index >= 15 is 0 Å². The minimum Gasteiger partial charge on any atom is -0.382 e. The molecule has 0 saturated heterocycles. The summed E-state index contributed by atoms with van der Waals surface area (Å²) in [7, 11) is 0. The van der Waals surface area contributed by atoms with Crippen LogP contribution in [-0.2, 0) is 4.79 Å². The molecule has 0 aromatic heterocycles. The number of hydrogen-bond acceptors (Lipinski definition) is 3. The van der Waals surface area contributed by atoms with Gasteiger partial charge >= 0.3 is 0 Å². The van der Waals surface area contributed by atoms with Crippen LogP contribution < -0.4 is 16.4 Å². The molecule has 0 spiro atoms. The van der Waals surface area contributed by atoms with Gasteiger partial charge in [0.2, 0.25) is 5.91 Å². The average Bonchev–Trinajstić information content (AvgIpc) is 2.36. The fourth-order valence-electron chi connectivity index (χ4n) is 1.56. The van der Waals surface area contributed by atoms with Gasteiger partial charge in [-0.1, -0.05) is 13.0 Å². The summed E-state index contributed by atoms with van der Waals surface area (Å²) in [6.07, 6.45) is 0.794. The molecule has 0 aliphatic carbocycles. The fraction of sp³-hybridized carbons (Fsp3) is 0.429. The van der Waals surface area contributed by atoms with E-state index in [0.29, 0.717) is 6.54 Å². The summed E-state index contributed by atoms with van der Waals surface area (Å²) in [5, 5.41) is 5.37. The normalized spacial score (nSPS) is 11.0. The maximum Gasteiger partial charge on any atom is 0.254 e. The number of hydrogen-bond donors (Lipinski definition) is 3. The Bertz CT molecular complexity index is 515. The van der Waals surface area contributed by atoms with E-state index in [9.17, 15) is 14.0 Å². The van der Waals surface area contributed by atoms with E-state index in [1.54, 1.807) is 0 Å². The highest BCUT2D eigenvalue weighted by atomic mass is 19.1. The van der Waals surface area contributed by atoms with E-state index in [1.165, 1.54) is 32.0 Å². The lowest BCUT2D eigenvalue weighted by molar-refractivity contribution is -0.122. The van der Waals surface area contributed by atoms with Crippen LogP contribution in [0.2, 0.25) is 0 Å². The first-order chi connectivity index (χ1) is 9.29. The predicted molar refractivity (Wildman–Crippen MR) is 75.9 cm³/mol. The van der Waals surface area contributed by atoms with E-state index in [4.69, 9.17) is 5.73 Å². The quantitative estimate of drug-likeness (QED) is 0.741. The zero-order valence-corrected chi connectivity index (χ0v) is 11.9. The molecule has 2 amide bonds. The van der Waals surface area contributed by atoms with E-state index in [0.717, 1.165) is 6.42 Å². The number of nitrogens with one attached hydrogen (secondary N) is 2. The molecule has 0 aliphatic rings. The number of rotatable bonds is 6. The Morgan fingerprint density at radius 3 is 2.55 bits per heavy atom. The molecule has 0 atom stereocenters. The second kappa shape index (κ2) is 6.36. The molecule has 1 rings (SSSR count). The fourth-order valence-corrected chi connectivity index (χ4v) is 1.56. The van der Waals surface area contributed by atoms with Gasteiger partial charge in [0.25, 0.3) is 5.91 Å². The first-order valence-corrected chi connectivity index (χ1v) is 6.44. The molecular formula is C14H20FN3O2. The Hall–Kier alpha value is -2.11. The van der Waals surface area contributed by atoms with Crippen LogP contribution in [0.3, 0.4) is 0 Å². The summed E-state index contributed by atoms with van der Waals surface area (Å²) >= 11 is 0. The number of anilines is 1. The van der Waals surface area contributed by atoms with Crippen LogP contribution in [0.4, 0.5) is 10.1 Å². The van der Waals surface area contributed by atoms with Crippen molar-refractivity contribution in [2.24, 2.45) is 5.73 Å². The first kappa shape index (κ1) is 15.9. The lowest BCUT2D eigenvalue weighted by Gasteiger charge is -2.23. The molecule has 0 radical (unpaired) electrons. The molecule has 110 valence electrons. The molecule has 5 nitrogen and oxygen atoms in total. The number of carbonyl (C=O) groups is 2. The first-order valence-electron chi connectivity index (χ1n) is 6.44. The zero-order valence-electron chi connectivity index (χ0n) is 11.9. The van der Waals surface area contributed by atoms with Crippen molar-refractivity contribution >= 4 is 17.5 Å². The summed E-state index contributed by atoms with van der Waals surface area (Å²) in [6, 6.07) is 4.21. The van der Waals surface area contributed by atoms with Crippen LogP contribution in [0.1, 0.15) is 37.6 Å². The van der Waals surface area contributed by atoms with Crippen LogP contribution >= 0.6 is 0 Å². The Morgan fingerprint density at radius 2 is 2.00 bits per heavy atom. The van der Waals surface area contributed by atoms with Crippen molar-refractivity contribution in [3.8, 4) is 0 Å². The minimum absolute atomic E-state index is 0.132. The number of primary amides is 1. The average molecular weight is 281 g/mol. The van der Waals surface area contributed by atoms with Crippen LogP contribution in [-0.4, -0.2) is 23.9 Å². The summed E-state index contributed by atoms with van der Waals surface area (Å²) in [5.74, 6) is -1.72. The van der Waals surface area contributed by atoms with Gasteiger partial charge in [0.05, 0.1) is 11.3 Å². The molecule has 1 aromatic carbocycles.